The van der Waals surface area contributed by atoms with Gasteiger partial charge in [-0.1, -0.05) is 23.2 Å². The van der Waals surface area contributed by atoms with Crippen LogP contribution in [0.5, 0.6) is 5.75 Å². The van der Waals surface area contributed by atoms with Gasteiger partial charge in [-0.05, 0) is 12.1 Å². The van der Waals surface area contributed by atoms with Crippen LogP contribution in [0.25, 0.3) is 0 Å². The molecule has 1 aromatic carbocycles. The van der Waals surface area contributed by atoms with Gasteiger partial charge < -0.3 is 4.74 Å². The molecule has 0 heterocycles. The Kier molecular flexibility index (Phi) is 4.07. The number of esters is 1. The topological polar surface area (TPSA) is 60.4 Å². The standard InChI is InChI=1S/C8H5Cl3O4S/c1-4(12)15-8-6(10)2-5(9)3-7(8)16(11,13)14/h2-3H,1H3. The second-order valence-electron chi connectivity index (χ2n) is 2.75. The monoisotopic (exact) mass is 302 g/mol. The molecule has 0 aliphatic rings. The number of ether oxygens (including phenoxy) is 1. The fourth-order valence-electron chi connectivity index (χ4n) is 0.961. The number of hydrogen-bond donors (Lipinski definition) is 0. The summed E-state index contributed by atoms with van der Waals surface area (Å²) in [5.41, 5.74) is 0. The number of halogens is 3. The van der Waals surface area contributed by atoms with Crippen LogP contribution in [0.4, 0.5) is 0 Å². The van der Waals surface area contributed by atoms with Gasteiger partial charge >= 0.3 is 5.97 Å². The zero-order valence-corrected chi connectivity index (χ0v) is 10.9. The Hall–Kier alpha value is -0.490. The first-order valence-corrected chi connectivity index (χ1v) is 6.90. The van der Waals surface area contributed by atoms with Crippen LogP contribution in [0.15, 0.2) is 17.0 Å². The Balaban J connectivity index is 3.51. The third-order valence-corrected chi connectivity index (χ3v) is 3.31. The van der Waals surface area contributed by atoms with Crippen molar-refractivity contribution in [2.75, 3.05) is 0 Å². The van der Waals surface area contributed by atoms with E-state index in [1.807, 2.05) is 0 Å². The summed E-state index contributed by atoms with van der Waals surface area (Å²) < 4.78 is 27.1. The molecular formula is C8H5Cl3O4S. The Bertz CT molecular complexity index is 538. The lowest BCUT2D eigenvalue weighted by molar-refractivity contribution is -0.132. The maximum Gasteiger partial charge on any atom is 0.308 e. The van der Waals surface area contributed by atoms with Crippen LogP contribution in [0.3, 0.4) is 0 Å². The third-order valence-electron chi connectivity index (χ3n) is 1.48. The normalized spacial score (nSPS) is 11.2. The van der Waals surface area contributed by atoms with Crippen LogP contribution in [0.2, 0.25) is 10.0 Å². The molecule has 0 fully saturated rings. The summed E-state index contributed by atoms with van der Waals surface area (Å²) in [6.07, 6.45) is 0. The minimum Gasteiger partial charge on any atom is -0.424 e. The molecule has 0 atom stereocenters. The highest BCUT2D eigenvalue weighted by Gasteiger charge is 2.22. The van der Waals surface area contributed by atoms with E-state index in [9.17, 15) is 13.2 Å². The van der Waals surface area contributed by atoms with Crippen LogP contribution in [0.1, 0.15) is 6.92 Å². The molecule has 0 amide bonds. The first-order valence-electron chi connectivity index (χ1n) is 3.84. The maximum atomic E-state index is 11.2. The molecule has 0 bridgehead atoms. The molecule has 88 valence electrons. The van der Waals surface area contributed by atoms with E-state index in [2.05, 4.69) is 4.74 Å². The molecule has 16 heavy (non-hydrogen) atoms. The first kappa shape index (κ1) is 13.6. The highest BCUT2D eigenvalue weighted by atomic mass is 35.7. The molecule has 1 rings (SSSR count). The lowest BCUT2D eigenvalue weighted by atomic mass is 10.3. The van der Waals surface area contributed by atoms with E-state index in [0.29, 0.717) is 0 Å². The summed E-state index contributed by atoms with van der Waals surface area (Å²) in [7, 11) is 1.06. The average molecular weight is 304 g/mol. The average Bonchev–Trinajstić information content (AvgIpc) is 2.06. The van der Waals surface area contributed by atoms with Gasteiger partial charge in [0, 0.05) is 22.6 Å². The lowest BCUT2D eigenvalue weighted by Crippen LogP contribution is -2.06. The van der Waals surface area contributed by atoms with Crippen molar-refractivity contribution in [3.05, 3.63) is 22.2 Å². The van der Waals surface area contributed by atoms with Crippen molar-refractivity contribution in [2.45, 2.75) is 11.8 Å². The van der Waals surface area contributed by atoms with Crippen LogP contribution < -0.4 is 4.74 Å². The van der Waals surface area contributed by atoms with E-state index in [4.69, 9.17) is 33.9 Å². The van der Waals surface area contributed by atoms with Crippen molar-refractivity contribution in [3.63, 3.8) is 0 Å². The predicted octanol–water partition coefficient (Wildman–Crippen LogP) is 2.85. The van der Waals surface area contributed by atoms with Gasteiger partial charge in [-0.2, -0.15) is 0 Å². The second kappa shape index (κ2) is 4.79. The quantitative estimate of drug-likeness (QED) is 0.479. The summed E-state index contributed by atoms with van der Waals surface area (Å²) in [4.78, 5) is 10.3. The van der Waals surface area contributed by atoms with Gasteiger partial charge in [0.05, 0.1) is 5.02 Å². The molecule has 0 aromatic heterocycles. The number of benzene rings is 1. The van der Waals surface area contributed by atoms with Crippen LogP contribution >= 0.6 is 33.9 Å². The zero-order valence-electron chi connectivity index (χ0n) is 7.83. The van der Waals surface area contributed by atoms with E-state index in [-0.39, 0.29) is 15.8 Å². The Morgan fingerprint density at radius 1 is 1.31 bits per heavy atom. The molecular weight excluding hydrogens is 299 g/mol. The summed E-state index contributed by atoms with van der Waals surface area (Å²) in [5.74, 6) is -1.04. The van der Waals surface area contributed by atoms with Gasteiger partial charge in [0.15, 0.2) is 5.75 Å². The summed E-state index contributed by atoms with van der Waals surface area (Å²) in [5, 5.41) is -0.0398. The highest BCUT2D eigenvalue weighted by molar-refractivity contribution is 8.13. The van der Waals surface area contributed by atoms with Crippen molar-refractivity contribution >= 4 is 48.9 Å². The molecule has 0 aliphatic carbocycles. The van der Waals surface area contributed by atoms with E-state index in [0.717, 1.165) is 13.0 Å². The number of hydrogen-bond acceptors (Lipinski definition) is 4. The predicted molar refractivity (Wildman–Crippen MR) is 60.8 cm³/mol. The molecule has 0 unspecified atom stereocenters. The summed E-state index contributed by atoms with van der Waals surface area (Å²) in [6, 6.07) is 2.29. The minimum absolute atomic E-state index is 0.0696. The molecule has 0 saturated heterocycles. The fourth-order valence-corrected chi connectivity index (χ4v) is 2.60. The van der Waals surface area contributed by atoms with Crippen LogP contribution in [-0.2, 0) is 13.8 Å². The summed E-state index contributed by atoms with van der Waals surface area (Å²) >= 11 is 11.3. The van der Waals surface area contributed by atoms with E-state index in [1.54, 1.807) is 0 Å². The second-order valence-corrected chi connectivity index (χ2v) is 6.12. The smallest absolute Gasteiger partial charge is 0.308 e. The number of rotatable bonds is 2. The van der Waals surface area contributed by atoms with Gasteiger partial charge in [-0.25, -0.2) is 8.42 Å². The fraction of sp³-hybridized carbons (Fsp3) is 0.125. The van der Waals surface area contributed by atoms with Crippen molar-refractivity contribution in [1.29, 1.82) is 0 Å². The third kappa shape index (κ3) is 3.25. The zero-order chi connectivity index (χ0) is 12.5. The van der Waals surface area contributed by atoms with Gasteiger partial charge in [0.2, 0.25) is 0 Å². The Morgan fingerprint density at radius 3 is 2.31 bits per heavy atom. The molecule has 8 heteroatoms. The lowest BCUT2D eigenvalue weighted by Gasteiger charge is -2.08. The molecule has 0 aliphatic heterocycles. The van der Waals surface area contributed by atoms with Crippen molar-refractivity contribution in [2.24, 2.45) is 0 Å². The van der Waals surface area contributed by atoms with Gasteiger partial charge in [-0.15, -0.1) is 0 Å². The van der Waals surface area contributed by atoms with Gasteiger partial charge in [0.25, 0.3) is 9.05 Å². The molecule has 4 nitrogen and oxygen atoms in total. The van der Waals surface area contributed by atoms with Gasteiger partial charge in [0.1, 0.15) is 4.90 Å². The van der Waals surface area contributed by atoms with Crippen LogP contribution in [0, 0.1) is 0 Å². The minimum atomic E-state index is -4.10. The molecule has 0 saturated carbocycles. The van der Waals surface area contributed by atoms with Gasteiger partial charge in [-0.3, -0.25) is 4.79 Å². The Morgan fingerprint density at radius 2 is 1.88 bits per heavy atom. The van der Waals surface area contributed by atoms with E-state index < -0.39 is 19.9 Å². The van der Waals surface area contributed by atoms with Crippen LogP contribution in [-0.4, -0.2) is 14.4 Å². The van der Waals surface area contributed by atoms with E-state index in [1.165, 1.54) is 6.07 Å². The maximum absolute atomic E-state index is 11.2. The first-order chi connectivity index (χ1) is 7.21. The molecule has 0 spiro atoms. The van der Waals surface area contributed by atoms with Crippen molar-refractivity contribution < 1.29 is 17.9 Å². The molecule has 0 N–H and O–H groups in total. The number of carbonyl (C=O) groups is 1. The molecule has 1 aromatic rings. The largest absolute Gasteiger partial charge is 0.424 e. The highest BCUT2D eigenvalue weighted by Crippen LogP contribution is 2.36. The van der Waals surface area contributed by atoms with Crippen molar-refractivity contribution in [1.82, 2.24) is 0 Å². The Labute approximate surface area is 106 Å². The molecule has 0 radical (unpaired) electrons. The summed E-state index contributed by atoms with van der Waals surface area (Å²) in [6.45, 7) is 1.11. The number of carbonyl (C=O) groups excluding carboxylic acids is 1. The van der Waals surface area contributed by atoms with Crippen molar-refractivity contribution in [3.8, 4) is 5.75 Å². The van der Waals surface area contributed by atoms with E-state index >= 15 is 0 Å². The SMILES string of the molecule is CC(=O)Oc1c(Cl)cc(Cl)cc1S(=O)(=O)Cl.